The molecule has 2 heteroatoms. The molecule has 2 aliphatic carbocycles. The summed E-state index contributed by atoms with van der Waals surface area (Å²) in [6.07, 6.45) is 4.66. The Kier molecular flexibility index (Phi) is 1.38. The molecule has 0 aromatic heterocycles. The zero-order valence-electron chi connectivity index (χ0n) is 8.08. The van der Waals surface area contributed by atoms with Crippen molar-refractivity contribution in [2.45, 2.75) is 32.6 Å². The second-order valence-electron chi connectivity index (χ2n) is 5.31. The molecule has 3 fully saturated rings. The molecule has 1 saturated heterocycles. The first-order chi connectivity index (χ1) is 6.20. The van der Waals surface area contributed by atoms with E-state index < -0.39 is 0 Å². The Hall–Kier alpha value is -0.530. The Morgan fingerprint density at radius 3 is 2.77 bits per heavy atom. The number of cyclic esters (lactones) is 1. The van der Waals surface area contributed by atoms with E-state index in [2.05, 4.69) is 6.92 Å². The van der Waals surface area contributed by atoms with Crippen molar-refractivity contribution >= 4 is 5.97 Å². The quantitative estimate of drug-likeness (QED) is 0.533. The standard InChI is InChI=1S/C11H16O2/c1-7-2-9-3-8(7)4-11(9)5-10(12)13-6-11/h7-9H,2-6H2,1H3/t7?,8-,9?,11?/m0/s1. The maximum absolute atomic E-state index is 11.1. The minimum absolute atomic E-state index is 0.0419. The summed E-state index contributed by atoms with van der Waals surface area (Å²) in [4.78, 5) is 11.1. The third-order valence-corrected chi connectivity index (χ3v) is 4.60. The molecule has 0 aromatic carbocycles. The summed E-state index contributed by atoms with van der Waals surface area (Å²) in [6, 6.07) is 0. The van der Waals surface area contributed by atoms with Crippen molar-refractivity contribution in [3.05, 3.63) is 0 Å². The molecule has 1 aliphatic heterocycles. The van der Waals surface area contributed by atoms with Crippen molar-refractivity contribution in [1.29, 1.82) is 0 Å². The van der Waals surface area contributed by atoms with Crippen LogP contribution in [0.25, 0.3) is 0 Å². The SMILES string of the molecule is CC1CC2C[C@H]1CC21COC(=O)C1. The molecule has 3 rings (SSSR count). The third-order valence-electron chi connectivity index (χ3n) is 4.60. The van der Waals surface area contributed by atoms with E-state index in [1.165, 1.54) is 19.3 Å². The van der Waals surface area contributed by atoms with Crippen LogP contribution in [0.15, 0.2) is 0 Å². The summed E-state index contributed by atoms with van der Waals surface area (Å²) in [5.74, 6) is 2.62. The number of ether oxygens (including phenoxy) is 1. The number of hydrogen-bond acceptors (Lipinski definition) is 2. The average Bonchev–Trinajstić information content (AvgIpc) is 2.68. The van der Waals surface area contributed by atoms with Gasteiger partial charge in [0.1, 0.15) is 0 Å². The van der Waals surface area contributed by atoms with Gasteiger partial charge in [-0.25, -0.2) is 0 Å². The molecular formula is C11H16O2. The highest BCUT2D eigenvalue weighted by molar-refractivity contribution is 5.72. The highest BCUT2D eigenvalue weighted by Crippen LogP contribution is 2.61. The highest BCUT2D eigenvalue weighted by atomic mass is 16.5. The fourth-order valence-corrected chi connectivity index (χ4v) is 3.82. The highest BCUT2D eigenvalue weighted by Gasteiger charge is 2.57. The van der Waals surface area contributed by atoms with Crippen LogP contribution in [0.3, 0.4) is 0 Å². The van der Waals surface area contributed by atoms with Gasteiger partial charge in [-0.2, -0.15) is 0 Å². The number of carbonyl (C=O) groups is 1. The lowest BCUT2D eigenvalue weighted by molar-refractivity contribution is -0.137. The Bertz CT molecular complexity index is 259. The summed E-state index contributed by atoms with van der Waals surface area (Å²) >= 11 is 0. The van der Waals surface area contributed by atoms with Gasteiger partial charge in [0.15, 0.2) is 0 Å². The monoisotopic (exact) mass is 180 g/mol. The van der Waals surface area contributed by atoms with Crippen LogP contribution in [-0.4, -0.2) is 12.6 Å². The van der Waals surface area contributed by atoms with Crippen molar-refractivity contribution in [2.75, 3.05) is 6.61 Å². The van der Waals surface area contributed by atoms with Crippen molar-refractivity contribution in [2.24, 2.45) is 23.2 Å². The lowest BCUT2D eigenvalue weighted by atomic mass is 9.70. The van der Waals surface area contributed by atoms with Gasteiger partial charge in [-0.1, -0.05) is 6.92 Å². The predicted molar refractivity (Wildman–Crippen MR) is 48.0 cm³/mol. The van der Waals surface area contributed by atoms with E-state index in [0.717, 1.165) is 24.4 Å². The molecule has 72 valence electrons. The molecule has 0 amide bonds. The van der Waals surface area contributed by atoms with Gasteiger partial charge in [0.25, 0.3) is 0 Å². The van der Waals surface area contributed by atoms with E-state index in [1.807, 2.05) is 0 Å². The Balaban J connectivity index is 1.85. The maximum atomic E-state index is 11.1. The number of fused-ring (bicyclic) bond motifs is 3. The van der Waals surface area contributed by atoms with Crippen LogP contribution >= 0.6 is 0 Å². The predicted octanol–water partition coefficient (Wildman–Crippen LogP) is 1.99. The molecule has 3 aliphatic rings. The molecule has 3 unspecified atom stereocenters. The normalized spacial score (nSPS) is 53.3. The maximum Gasteiger partial charge on any atom is 0.306 e. The van der Waals surface area contributed by atoms with E-state index in [-0.39, 0.29) is 11.4 Å². The number of esters is 1. The summed E-state index contributed by atoms with van der Waals surface area (Å²) in [7, 11) is 0. The smallest absolute Gasteiger partial charge is 0.306 e. The van der Waals surface area contributed by atoms with Crippen LogP contribution in [0.4, 0.5) is 0 Å². The first-order valence-corrected chi connectivity index (χ1v) is 5.35. The molecule has 0 radical (unpaired) electrons. The molecule has 2 nitrogen and oxygen atoms in total. The van der Waals surface area contributed by atoms with Gasteiger partial charge < -0.3 is 4.74 Å². The van der Waals surface area contributed by atoms with Crippen molar-refractivity contribution in [3.63, 3.8) is 0 Å². The number of carbonyl (C=O) groups excluding carboxylic acids is 1. The van der Waals surface area contributed by atoms with E-state index in [9.17, 15) is 4.79 Å². The molecule has 13 heavy (non-hydrogen) atoms. The fraction of sp³-hybridized carbons (Fsp3) is 0.909. The zero-order chi connectivity index (χ0) is 9.05. The second kappa shape index (κ2) is 2.28. The average molecular weight is 180 g/mol. The first kappa shape index (κ1) is 7.84. The molecular weight excluding hydrogens is 164 g/mol. The first-order valence-electron chi connectivity index (χ1n) is 5.35. The summed E-state index contributed by atoms with van der Waals surface area (Å²) in [5, 5.41) is 0. The molecule has 0 aromatic rings. The lowest BCUT2D eigenvalue weighted by Gasteiger charge is -2.33. The molecule has 0 N–H and O–H groups in total. The summed E-state index contributed by atoms with van der Waals surface area (Å²) < 4.78 is 5.14. The van der Waals surface area contributed by atoms with Crippen LogP contribution in [0.2, 0.25) is 0 Å². The van der Waals surface area contributed by atoms with Crippen LogP contribution < -0.4 is 0 Å². The van der Waals surface area contributed by atoms with Crippen LogP contribution in [-0.2, 0) is 9.53 Å². The van der Waals surface area contributed by atoms with Gasteiger partial charge in [-0.3, -0.25) is 4.79 Å². The minimum Gasteiger partial charge on any atom is -0.465 e. The van der Waals surface area contributed by atoms with E-state index in [1.54, 1.807) is 0 Å². The van der Waals surface area contributed by atoms with Gasteiger partial charge >= 0.3 is 5.97 Å². The third kappa shape index (κ3) is 0.918. The molecule has 4 atom stereocenters. The van der Waals surface area contributed by atoms with Crippen LogP contribution in [0, 0.1) is 23.2 Å². The van der Waals surface area contributed by atoms with Gasteiger partial charge in [0.05, 0.1) is 13.0 Å². The number of hydrogen-bond donors (Lipinski definition) is 0. The van der Waals surface area contributed by atoms with Crippen molar-refractivity contribution < 1.29 is 9.53 Å². The van der Waals surface area contributed by atoms with Crippen LogP contribution in [0.1, 0.15) is 32.6 Å². The van der Waals surface area contributed by atoms with Crippen LogP contribution in [0.5, 0.6) is 0 Å². The second-order valence-corrected chi connectivity index (χ2v) is 5.31. The van der Waals surface area contributed by atoms with E-state index in [0.29, 0.717) is 6.42 Å². The molecule has 2 saturated carbocycles. The lowest BCUT2D eigenvalue weighted by Crippen LogP contribution is -2.30. The van der Waals surface area contributed by atoms with Gasteiger partial charge in [0, 0.05) is 5.41 Å². The van der Waals surface area contributed by atoms with E-state index in [4.69, 9.17) is 4.74 Å². The Labute approximate surface area is 78.6 Å². The summed E-state index contributed by atoms with van der Waals surface area (Å²) in [5.41, 5.74) is 0.286. The molecule has 1 spiro atoms. The van der Waals surface area contributed by atoms with Gasteiger partial charge in [-0.15, -0.1) is 0 Å². The Morgan fingerprint density at radius 2 is 2.31 bits per heavy atom. The minimum atomic E-state index is 0.0419. The zero-order valence-corrected chi connectivity index (χ0v) is 8.08. The largest absolute Gasteiger partial charge is 0.465 e. The van der Waals surface area contributed by atoms with Crippen molar-refractivity contribution in [1.82, 2.24) is 0 Å². The Morgan fingerprint density at radius 1 is 1.46 bits per heavy atom. The van der Waals surface area contributed by atoms with Gasteiger partial charge in [0.2, 0.25) is 0 Å². The topological polar surface area (TPSA) is 26.3 Å². The summed E-state index contributed by atoms with van der Waals surface area (Å²) in [6.45, 7) is 3.08. The molecule has 2 bridgehead atoms. The number of rotatable bonds is 0. The molecule has 1 heterocycles. The van der Waals surface area contributed by atoms with Gasteiger partial charge in [-0.05, 0) is 37.0 Å². The van der Waals surface area contributed by atoms with Crippen molar-refractivity contribution in [3.8, 4) is 0 Å². The van der Waals surface area contributed by atoms with E-state index >= 15 is 0 Å². The fourth-order valence-electron chi connectivity index (χ4n) is 3.82.